The second kappa shape index (κ2) is 5.14. The van der Waals surface area contributed by atoms with Crippen molar-refractivity contribution in [3.8, 4) is 0 Å². The first-order chi connectivity index (χ1) is 8.58. The molecule has 5 nitrogen and oxygen atoms in total. The largest absolute Gasteiger partial charge is 0.480 e. The minimum absolute atomic E-state index is 0.0880. The lowest BCUT2D eigenvalue weighted by Gasteiger charge is -2.31. The lowest BCUT2D eigenvalue weighted by Crippen LogP contribution is -2.55. The van der Waals surface area contributed by atoms with Crippen LogP contribution in [0.3, 0.4) is 0 Å². The average molecular weight is 252 g/mol. The Balaban J connectivity index is 2.11. The molecule has 2 N–H and O–H groups in total. The van der Waals surface area contributed by atoms with Crippen molar-refractivity contribution < 1.29 is 19.1 Å². The van der Waals surface area contributed by atoms with Crippen LogP contribution >= 0.6 is 0 Å². The fourth-order valence-electron chi connectivity index (χ4n) is 1.90. The van der Waals surface area contributed by atoms with Crippen LogP contribution < -0.4 is 5.32 Å². The number of hydrogen-bond acceptors (Lipinski definition) is 3. The molecule has 0 aliphatic carbocycles. The minimum Gasteiger partial charge on any atom is -0.480 e. The summed E-state index contributed by atoms with van der Waals surface area (Å²) in [6.45, 7) is 0.918. The number of nitrogens with zero attached hydrogens (tertiary/aromatic N) is 1. The molecule has 1 aromatic carbocycles. The highest BCUT2D eigenvalue weighted by Gasteiger charge is 2.28. The Bertz CT molecular complexity index is 478. The second-order valence-corrected chi connectivity index (χ2v) is 4.11. The van der Waals surface area contributed by atoms with Gasteiger partial charge in [0.05, 0.1) is 0 Å². The molecule has 0 aromatic heterocycles. The van der Waals surface area contributed by atoms with Crippen molar-refractivity contribution in [2.75, 3.05) is 19.6 Å². The Hall–Kier alpha value is -1.95. The summed E-state index contributed by atoms with van der Waals surface area (Å²) in [4.78, 5) is 24.3. The van der Waals surface area contributed by atoms with E-state index in [9.17, 15) is 14.0 Å². The summed E-state index contributed by atoms with van der Waals surface area (Å²) in [5, 5.41) is 11.7. The number of amides is 1. The maximum absolute atomic E-state index is 13.0. The molecule has 1 saturated heterocycles. The van der Waals surface area contributed by atoms with Crippen LogP contribution in [-0.4, -0.2) is 47.6 Å². The molecular formula is C12H13FN2O3. The number of rotatable bonds is 2. The Kier molecular flexibility index (Phi) is 3.57. The number of carboxylic acid groups (broad SMARTS) is 1. The molecular weight excluding hydrogens is 239 g/mol. The van der Waals surface area contributed by atoms with Gasteiger partial charge in [-0.15, -0.1) is 0 Å². The summed E-state index contributed by atoms with van der Waals surface area (Å²) in [6.07, 6.45) is 0. The minimum atomic E-state index is -0.994. The molecule has 2 rings (SSSR count). The monoisotopic (exact) mass is 252 g/mol. The van der Waals surface area contributed by atoms with Crippen LogP contribution in [0.4, 0.5) is 4.39 Å². The Morgan fingerprint density at radius 3 is 2.89 bits per heavy atom. The maximum atomic E-state index is 13.0. The van der Waals surface area contributed by atoms with E-state index in [1.165, 1.54) is 23.1 Å². The molecule has 0 radical (unpaired) electrons. The Morgan fingerprint density at radius 2 is 2.22 bits per heavy atom. The smallest absolute Gasteiger partial charge is 0.322 e. The summed E-state index contributed by atoms with van der Waals surface area (Å²) < 4.78 is 13.0. The van der Waals surface area contributed by atoms with E-state index < -0.39 is 17.8 Å². The summed E-state index contributed by atoms with van der Waals surface area (Å²) >= 11 is 0. The van der Waals surface area contributed by atoms with Gasteiger partial charge >= 0.3 is 5.97 Å². The zero-order valence-corrected chi connectivity index (χ0v) is 9.60. The number of nitrogens with one attached hydrogen (secondary N) is 1. The molecule has 1 amide bonds. The number of carbonyl (C=O) groups is 2. The van der Waals surface area contributed by atoms with Gasteiger partial charge in [0.1, 0.15) is 11.9 Å². The van der Waals surface area contributed by atoms with Crippen LogP contribution in [0, 0.1) is 5.82 Å². The van der Waals surface area contributed by atoms with Crippen LogP contribution in [0.15, 0.2) is 24.3 Å². The van der Waals surface area contributed by atoms with E-state index in [1.54, 1.807) is 0 Å². The van der Waals surface area contributed by atoms with Crippen molar-refractivity contribution in [1.29, 1.82) is 0 Å². The van der Waals surface area contributed by atoms with Crippen molar-refractivity contribution >= 4 is 11.9 Å². The van der Waals surface area contributed by atoms with Gasteiger partial charge in [-0.2, -0.15) is 0 Å². The predicted molar refractivity (Wildman–Crippen MR) is 61.7 cm³/mol. The molecule has 18 heavy (non-hydrogen) atoms. The molecule has 1 fully saturated rings. The van der Waals surface area contributed by atoms with Crippen LogP contribution in [0.2, 0.25) is 0 Å². The normalized spacial score (nSPS) is 19.6. The summed E-state index contributed by atoms with van der Waals surface area (Å²) in [5.41, 5.74) is 0.237. The van der Waals surface area contributed by atoms with Gasteiger partial charge in [0.15, 0.2) is 0 Å². The SMILES string of the molecule is O=C(O)C1CN(C(=O)c2cccc(F)c2)CCN1. The number of carbonyl (C=O) groups excluding carboxylic acids is 1. The fraction of sp³-hybridized carbons (Fsp3) is 0.333. The van der Waals surface area contributed by atoms with Gasteiger partial charge < -0.3 is 15.3 Å². The van der Waals surface area contributed by atoms with Gasteiger partial charge in [-0.3, -0.25) is 9.59 Å². The second-order valence-electron chi connectivity index (χ2n) is 4.11. The predicted octanol–water partition coefficient (Wildman–Crippen LogP) is 0.324. The summed E-state index contributed by atoms with van der Waals surface area (Å²) in [6, 6.07) is 4.62. The van der Waals surface area contributed by atoms with Crippen molar-refractivity contribution in [2.45, 2.75) is 6.04 Å². The van der Waals surface area contributed by atoms with Crippen LogP contribution in [0.25, 0.3) is 0 Å². The van der Waals surface area contributed by atoms with Gasteiger partial charge in [0.2, 0.25) is 0 Å². The van der Waals surface area contributed by atoms with Crippen molar-refractivity contribution in [1.82, 2.24) is 10.2 Å². The van der Waals surface area contributed by atoms with E-state index in [1.807, 2.05) is 0 Å². The van der Waals surface area contributed by atoms with Gasteiger partial charge in [0.25, 0.3) is 5.91 Å². The van der Waals surface area contributed by atoms with Gasteiger partial charge in [-0.1, -0.05) is 6.07 Å². The Morgan fingerprint density at radius 1 is 1.44 bits per heavy atom. The highest BCUT2D eigenvalue weighted by Crippen LogP contribution is 2.09. The topological polar surface area (TPSA) is 69.6 Å². The molecule has 96 valence electrons. The van der Waals surface area contributed by atoms with E-state index in [-0.39, 0.29) is 18.0 Å². The first-order valence-electron chi connectivity index (χ1n) is 5.59. The van der Waals surface area contributed by atoms with Crippen LogP contribution in [-0.2, 0) is 4.79 Å². The summed E-state index contributed by atoms with van der Waals surface area (Å²) in [7, 11) is 0. The molecule has 1 aliphatic heterocycles. The average Bonchev–Trinajstić information content (AvgIpc) is 2.38. The molecule has 1 unspecified atom stereocenters. The molecule has 0 saturated carbocycles. The van der Waals surface area contributed by atoms with Gasteiger partial charge in [0, 0.05) is 25.2 Å². The first-order valence-corrected chi connectivity index (χ1v) is 5.59. The fourth-order valence-corrected chi connectivity index (χ4v) is 1.90. The highest BCUT2D eigenvalue weighted by atomic mass is 19.1. The zero-order chi connectivity index (χ0) is 13.1. The molecule has 0 spiro atoms. The summed E-state index contributed by atoms with van der Waals surface area (Å²) in [5.74, 6) is -1.82. The molecule has 0 bridgehead atoms. The third-order valence-corrected chi connectivity index (χ3v) is 2.83. The number of halogens is 1. The van der Waals surface area contributed by atoms with E-state index in [2.05, 4.69) is 5.32 Å². The number of carboxylic acids is 1. The third kappa shape index (κ3) is 2.65. The third-order valence-electron chi connectivity index (χ3n) is 2.83. The number of benzene rings is 1. The Labute approximate surface area is 103 Å². The lowest BCUT2D eigenvalue weighted by molar-refractivity contribution is -0.140. The standard InChI is InChI=1S/C12H13FN2O3/c13-9-3-1-2-8(6-9)11(16)15-5-4-14-10(7-15)12(17)18/h1-3,6,10,14H,4-5,7H2,(H,17,18). The number of piperazine rings is 1. The quantitative estimate of drug-likeness (QED) is 0.795. The van der Waals surface area contributed by atoms with Crippen LogP contribution in [0.1, 0.15) is 10.4 Å². The van der Waals surface area contributed by atoms with E-state index in [0.717, 1.165) is 6.07 Å². The zero-order valence-electron chi connectivity index (χ0n) is 9.60. The lowest BCUT2D eigenvalue weighted by atomic mass is 10.1. The van der Waals surface area contributed by atoms with Crippen molar-refractivity contribution in [2.24, 2.45) is 0 Å². The molecule has 1 heterocycles. The molecule has 1 atom stereocenters. The number of hydrogen-bond donors (Lipinski definition) is 2. The van der Waals surface area contributed by atoms with E-state index in [4.69, 9.17) is 5.11 Å². The van der Waals surface area contributed by atoms with Gasteiger partial charge in [-0.25, -0.2) is 4.39 Å². The molecule has 1 aromatic rings. The van der Waals surface area contributed by atoms with Crippen LogP contribution in [0.5, 0.6) is 0 Å². The molecule has 6 heteroatoms. The van der Waals surface area contributed by atoms with Crippen molar-refractivity contribution in [3.63, 3.8) is 0 Å². The highest BCUT2D eigenvalue weighted by molar-refractivity contribution is 5.94. The maximum Gasteiger partial charge on any atom is 0.322 e. The van der Waals surface area contributed by atoms with E-state index >= 15 is 0 Å². The van der Waals surface area contributed by atoms with Crippen molar-refractivity contribution in [3.05, 3.63) is 35.6 Å². The molecule has 1 aliphatic rings. The van der Waals surface area contributed by atoms with Gasteiger partial charge in [-0.05, 0) is 18.2 Å². The van der Waals surface area contributed by atoms with E-state index in [0.29, 0.717) is 13.1 Å². The first kappa shape index (κ1) is 12.5. The number of aliphatic carboxylic acids is 1.